The molecule has 1 heterocycles. The number of carboxylic acids is 1. The Balaban J connectivity index is 2.50. The van der Waals surface area contributed by atoms with Gasteiger partial charge in [-0.25, -0.2) is 4.79 Å². The van der Waals surface area contributed by atoms with Gasteiger partial charge in [-0.05, 0) is 17.7 Å². The van der Waals surface area contributed by atoms with E-state index in [1.54, 1.807) is 24.5 Å². The normalized spacial score (nSPS) is 11.8. The highest BCUT2D eigenvalue weighted by Gasteiger charge is 2.18. The number of aromatic nitrogens is 1. The molecule has 1 aromatic heterocycles. The number of hydrogen-bond acceptors (Lipinski definition) is 4. The van der Waals surface area contributed by atoms with Crippen molar-refractivity contribution in [2.45, 2.75) is 12.5 Å². The average Bonchev–Trinajstić information content (AvgIpc) is 2.27. The molecule has 1 aromatic rings. The lowest BCUT2D eigenvalue weighted by atomic mass is 10.2. The van der Waals surface area contributed by atoms with Gasteiger partial charge in [-0.1, -0.05) is 0 Å². The number of carbonyl (C=O) groups is 2. The Morgan fingerprint density at radius 1 is 1.38 bits per heavy atom. The maximum atomic E-state index is 11.4. The SMILES string of the molecule is O=C(Cc1ccncc1)N[C@H](CO)C(=O)O. The van der Waals surface area contributed by atoms with E-state index in [0.29, 0.717) is 0 Å². The third-order valence-electron chi connectivity index (χ3n) is 1.93. The molecule has 0 aliphatic heterocycles. The van der Waals surface area contributed by atoms with Crippen LogP contribution in [0.2, 0.25) is 0 Å². The van der Waals surface area contributed by atoms with E-state index in [4.69, 9.17) is 10.2 Å². The van der Waals surface area contributed by atoms with Crippen molar-refractivity contribution in [1.29, 1.82) is 0 Å². The molecule has 0 unspecified atom stereocenters. The summed E-state index contributed by atoms with van der Waals surface area (Å²) in [5.41, 5.74) is 0.731. The minimum Gasteiger partial charge on any atom is -0.480 e. The first kappa shape index (κ1) is 12.1. The van der Waals surface area contributed by atoms with Crippen molar-refractivity contribution in [2.75, 3.05) is 6.61 Å². The third-order valence-corrected chi connectivity index (χ3v) is 1.93. The number of nitrogens with one attached hydrogen (secondary N) is 1. The fourth-order valence-electron chi connectivity index (χ4n) is 1.12. The van der Waals surface area contributed by atoms with Crippen LogP contribution >= 0.6 is 0 Å². The molecule has 0 bridgehead atoms. The van der Waals surface area contributed by atoms with Crippen LogP contribution in [0.5, 0.6) is 0 Å². The van der Waals surface area contributed by atoms with Gasteiger partial charge < -0.3 is 15.5 Å². The number of pyridine rings is 1. The van der Waals surface area contributed by atoms with Crippen molar-refractivity contribution in [3.8, 4) is 0 Å². The second-order valence-corrected chi connectivity index (χ2v) is 3.17. The molecular weight excluding hydrogens is 212 g/mol. The number of carbonyl (C=O) groups excluding carboxylic acids is 1. The molecule has 1 amide bonds. The third kappa shape index (κ3) is 3.66. The van der Waals surface area contributed by atoms with Crippen molar-refractivity contribution < 1.29 is 19.8 Å². The van der Waals surface area contributed by atoms with Crippen LogP contribution in [0.1, 0.15) is 5.56 Å². The van der Waals surface area contributed by atoms with E-state index in [2.05, 4.69) is 10.3 Å². The fraction of sp³-hybridized carbons (Fsp3) is 0.300. The van der Waals surface area contributed by atoms with Crippen LogP contribution in [0.3, 0.4) is 0 Å². The molecule has 0 aliphatic carbocycles. The molecule has 1 rings (SSSR count). The monoisotopic (exact) mass is 224 g/mol. The van der Waals surface area contributed by atoms with E-state index in [1.165, 1.54) is 0 Å². The summed E-state index contributed by atoms with van der Waals surface area (Å²) in [5, 5.41) is 19.5. The molecule has 6 nitrogen and oxygen atoms in total. The number of aliphatic carboxylic acids is 1. The first-order valence-corrected chi connectivity index (χ1v) is 4.65. The highest BCUT2D eigenvalue weighted by atomic mass is 16.4. The lowest BCUT2D eigenvalue weighted by Crippen LogP contribution is -2.43. The Hall–Kier alpha value is -1.95. The zero-order valence-corrected chi connectivity index (χ0v) is 8.46. The van der Waals surface area contributed by atoms with Gasteiger partial charge in [0.2, 0.25) is 5.91 Å². The number of rotatable bonds is 5. The number of aliphatic hydroxyl groups excluding tert-OH is 1. The summed E-state index contributed by atoms with van der Waals surface area (Å²) in [6, 6.07) is 2.07. The van der Waals surface area contributed by atoms with Crippen LogP contribution in [-0.2, 0) is 16.0 Å². The highest BCUT2D eigenvalue weighted by molar-refractivity contribution is 5.84. The number of carboxylic acid groups (broad SMARTS) is 1. The van der Waals surface area contributed by atoms with E-state index in [-0.39, 0.29) is 6.42 Å². The standard InChI is InChI=1S/C10H12N2O4/c13-6-8(10(15)16)12-9(14)5-7-1-3-11-4-2-7/h1-4,8,13H,5-6H2,(H,12,14)(H,15,16)/t8-/m1/s1. The molecule has 3 N–H and O–H groups in total. The molecule has 86 valence electrons. The first-order chi connectivity index (χ1) is 7.63. The van der Waals surface area contributed by atoms with Crippen LogP contribution in [0.4, 0.5) is 0 Å². The maximum Gasteiger partial charge on any atom is 0.328 e. The smallest absolute Gasteiger partial charge is 0.328 e. The Morgan fingerprint density at radius 3 is 2.50 bits per heavy atom. The number of amides is 1. The molecule has 16 heavy (non-hydrogen) atoms. The van der Waals surface area contributed by atoms with Crippen LogP contribution in [0.15, 0.2) is 24.5 Å². The molecule has 0 radical (unpaired) electrons. The lowest BCUT2D eigenvalue weighted by Gasteiger charge is -2.11. The highest BCUT2D eigenvalue weighted by Crippen LogP contribution is 1.97. The van der Waals surface area contributed by atoms with Crippen molar-refractivity contribution in [3.05, 3.63) is 30.1 Å². The summed E-state index contributed by atoms with van der Waals surface area (Å²) in [6.45, 7) is -0.628. The molecular formula is C10H12N2O4. The van der Waals surface area contributed by atoms with Crippen LogP contribution < -0.4 is 5.32 Å². The Bertz CT molecular complexity index is 366. The summed E-state index contributed by atoms with van der Waals surface area (Å²) in [5.74, 6) is -1.71. The van der Waals surface area contributed by atoms with Gasteiger partial charge in [0.15, 0.2) is 0 Å². The maximum absolute atomic E-state index is 11.4. The van der Waals surface area contributed by atoms with Crippen molar-refractivity contribution >= 4 is 11.9 Å². The van der Waals surface area contributed by atoms with Gasteiger partial charge in [0.1, 0.15) is 6.04 Å². The van der Waals surface area contributed by atoms with Gasteiger partial charge in [0, 0.05) is 12.4 Å². The summed E-state index contributed by atoms with van der Waals surface area (Å²) >= 11 is 0. The minimum atomic E-state index is -1.26. The van der Waals surface area contributed by atoms with Gasteiger partial charge in [-0.3, -0.25) is 9.78 Å². The summed E-state index contributed by atoms with van der Waals surface area (Å²) in [6.07, 6.45) is 3.15. The number of aliphatic hydroxyl groups is 1. The summed E-state index contributed by atoms with van der Waals surface area (Å²) < 4.78 is 0. The van der Waals surface area contributed by atoms with Gasteiger partial charge in [-0.2, -0.15) is 0 Å². The van der Waals surface area contributed by atoms with Crippen LogP contribution in [-0.4, -0.2) is 39.7 Å². The van der Waals surface area contributed by atoms with E-state index in [0.717, 1.165) is 5.56 Å². The largest absolute Gasteiger partial charge is 0.480 e. The topological polar surface area (TPSA) is 99.5 Å². The molecule has 0 fully saturated rings. The minimum absolute atomic E-state index is 0.0618. The predicted molar refractivity (Wildman–Crippen MR) is 54.6 cm³/mol. The molecule has 0 saturated heterocycles. The average molecular weight is 224 g/mol. The molecule has 1 atom stereocenters. The van der Waals surface area contributed by atoms with E-state index in [9.17, 15) is 9.59 Å². The van der Waals surface area contributed by atoms with Crippen LogP contribution in [0, 0.1) is 0 Å². The van der Waals surface area contributed by atoms with Crippen molar-refractivity contribution in [2.24, 2.45) is 0 Å². The van der Waals surface area contributed by atoms with Crippen molar-refractivity contribution in [3.63, 3.8) is 0 Å². The first-order valence-electron chi connectivity index (χ1n) is 4.65. The van der Waals surface area contributed by atoms with Gasteiger partial charge in [0.25, 0.3) is 0 Å². The van der Waals surface area contributed by atoms with E-state index in [1.807, 2.05) is 0 Å². The quantitative estimate of drug-likeness (QED) is 0.607. The van der Waals surface area contributed by atoms with Gasteiger partial charge in [0.05, 0.1) is 13.0 Å². The van der Waals surface area contributed by atoms with E-state index < -0.39 is 24.5 Å². The zero-order valence-electron chi connectivity index (χ0n) is 8.46. The molecule has 6 heteroatoms. The second-order valence-electron chi connectivity index (χ2n) is 3.17. The summed E-state index contributed by atoms with van der Waals surface area (Å²) in [4.78, 5) is 25.7. The second kappa shape index (κ2) is 5.82. The lowest BCUT2D eigenvalue weighted by molar-refractivity contribution is -0.142. The Kier molecular flexibility index (Phi) is 4.41. The van der Waals surface area contributed by atoms with Crippen molar-refractivity contribution in [1.82, 2.24) is 10.3 Å². The van der Waals surface area contributed by atoms with Gasteiger partial charge in [-0.15, -0.1) is 0 Å². The fourth-order valence-corrected chi connectivity index (χ4v) is 1.12. The molecule has 0 saturated carbocycles. The Morgan fingerprint density at radius 2 is 2.00 bits per heavy atom. The van der Waals surface area contributed by atoms with Gasteiger partial charge >= 0.3 is 5.97 Å². The zero-order chi connectivity index (χ0) is 12.0. The molecule has 0 aromatic carbocycles. The van der Waals surface area contributed by atoms with E-state index >= 15 is 0 Å². The predicted octanol–water partition coefficient (Wildman–Crippen LogP) is -0.814. The van der Waals surface area contributed by atoms with Crippen LogP contribution in [0.25, 0.3) is 0 Å². The number of nitrogens with zero attached hydrogens (tertiary/aromatic N) is 1. The summed E-state index contributed by atoms with van der Waals surface area (Å²) in [7, 11) is 0. The molecule has 0 spiro atoms. The molecule has 0 aliphatic rings. The Labute approximate surface area is 91.9 Å². The number of hydrogen-bond donors (Lipinski definition) is 3.